The molecule has 0 saturated heterocycles. The number of benzene rings is 1. The minimum atomic E-state index is -4.45. The van der Waals surface area contributed by atoms with E-state index in [1.807, 2.05) is 11.9 Å². The van der Waals surface area contributed by atoms with Crippen LogP contribution in [0.15, 0.2) is 18.2 Å². The van der Waals surface area contributed by atoms with E-state index in [-0.39, 0.29) is 22.8 Å². The second-order valence-corrected chi connectivity index (χ2v) is 9.05. The first-order chi connectivity index (χ1) is 15.3. The van der Waals surface area contributed by atoms with Crippen LogP contribution in [-0.2, 0) is 20.7 Å². The molecule has 0 bridgehead atoms. The van der Waals surface area contributed by atoms with Crippen molar-refractivity contribution < 1.29 is 36.9 Å². The molecule has 10 heteroatoms. The van der Waals surface area contributed by atoms with Gasteiger partial charge in [-0.1, -0.05) is 26.8 Å². The Morgan fingerprint density at radius 2 is 1.73 bits per heavy atom. The minimum absolute atomic E-state index is 0.00849. The van der Waals surface area contributed by atoms with Gasteiger partial charge in [0.15, 0.2) is 24.4 Å². The summed E-state index contributed by atoms with van der Waals surface area (Å²) in [4.78, 5) is 14.9. The lowest BCUT2D eigenvalue weighted by Crippen LogP contribution is -2.49. The molecule has 0 unspecified atom stereocenters. The van der Waals surface area contributed by atoms with Gasteiger partial charge in [-0.3, -0.25) is 9.69 Å². The molecular formula is C23H37F3N2O5. The van der Waals surface area contributed by atoms with Crippen LogP contribution in [0.4, 0.5) is 13.2 Å². The Hall–Kier alpha value is -2.04. The highest BCUT2D eigenvalue weighted by Gasteiger charge is 2.30. The van der Waals surface area contributed by atoms with Crippen LogP contribution in [0.3, 0.4) is 0 Å². The summed E-state index contributed by atoms with van der Waals surface area (Å²) >= 11 is 0. The largest absolute Gasteiger partial charge is 0.493 e. The number of carbonyl (C=O) groups excluding carboxylic acids is 1. The van der Waals surface area contributed by atoms with Gasteiger partial charge in [0.25, 0.3) is 0 Å². The third kappa shape index (κ3) is 11.1. The molecule has 190 valence electrons. The van der Waals surface area contributed by atoms with Crippen molar-refractivity contribution in [3.63, 3.8) is 0 Å². The molecule has 33 heavy (non-hydrogen) atoms. The van der Waals surface area contributed by atoms with Crippen molar-refractivity contribution in [1.29, 1.82) is 0 Å². The van der Waals surface area contributed by atoms with E-state index in [0.29, 0.717) is 31.5 Å². The van der Waals surface area contributed by atoms with Gasteiger partial charge in [0.2, 0.25) is 5.91 Å². The summed E-state index contributed by atoms with van der Waals surface area (Å²) in [6.45, 7) is 5.51. The number of methoxy groups -OCH3 is 3. The molecule has 0 heterocycles. The van der Waals surface area contributed by atoms with E-state index >= 15 is 0 Å². The Balaban J connectivity index is 2.80. The first-order valence-corrected chi connectivity index (χ1v) is 10.7. The minimum Gasteiger partial charge on any atom is -0.493 e. The van der Waals surface area contributed by atoms with E-state index in [9.17, 15) is 18.0 Å². The predicted octanol–water partition coefficient (Wildman–Crippen LogP) is 3.65. The van der Waals surface area contributed by atoms with Gasteiger partial charge >= 0.3 is 6.18 Å². The van der Waals surface area contributed by atoms with Gasteiger partial charge in [-0.25, -0.2) is 0 Å². The SMILES string of the molecule is COc1ccc(CCNC(=O)[C@@H](CC(C)(C)C)N(C)CC(OC)OC)cc1OCC(F)(F)F. The lowest BCUT2D eigenvalue weighted by atomic mass is 9.87. The molecule has 1 atom stereocenters. The second kappa shape index (κ2) is 13.0. The summed E-state index contributed by atoms with van der Waals surface area (Å²) in [5.41, 5.74) is 0.625. The second-order valence-electron chi connectivity index (χ2n) is 9.05. The highest BCUT2D eigenvalue weighted by Crippen LogP contribution is 2.30. The van der Waals surface area contributed by atoms with Crippen LogP contribution in [-0.4, -0.2) is 77.4 Å². The number of nitrogens with zero attached hydrogens (tertiary/aromatic N) is 1. The zero-order chi connectivity index (χ0) is 25.2. The van der Waals surface area contributed by atoms with E-state index in [1.54, 1.807) is 26.4 Å². The molecule has 0 spiro atoms. The zero-order valence-electron chi connectivity index (χ0n) is 20.5. The maximum Gasteiger partial charge on any atom is 0.422 e. The average molecular weight is 479 g/mol. The van der Waals surface area contributed by atoms with E-state index in [2.05, 4.69) is 26.1 Å². The van der Waals surface area contributed by atoms with Gasteiger partial charge in [0.1, 0.15) is 0 Å². The monoisotopic (exact) mass is 478 g/mol. The molecule has 1 rings (SSSR count). The number of halogens is 3. The van der Waals surface area contributed by atoms with Crippen molar-refractivity contribution in [2.45, 2.75) is 52.1 Å². The number of hydrogen-bond donors (Lipinski definition) is 1. The van der Waals surface area contributed by atoms with Crippen LogP contribution >= 0.6 is 0 Å². The fourth-order valence-corrected chi connectivity index (χ4v) is 3.23. The molecule has 1 amide bonds. The molecule has 0 aliphatic heterocycles. The molecule has 0 fully saturated rings. The smallest absolute Gasteiger partial charge is 0.422 e. The highest BCUT2D eigenvalue weighted by atomic mass is 19.4. The fourth-order valence-electron chi connectivity index (χ4n) is 3.23. The Bertz CT molecular complexity index is 734. The van der Waals surface area contributed by atoms with Crippen molar-refractivity contribution in [1.82, 2.24) is 10.2 Å². The van der Waals surface area contributed by atoms with Crippen LogP contribution in [0.2, 0.25) is 0 Å². The molecule has 7 nitrogen and oxygen atoms in total. The maximum absolute atomic E-state index is 13.0. The summed E-state index contributed by atoms with van der Waals surface area (Å²) in [5.74, 6) is 0.0827. The molecule has 0 aliphatic carbocycles. The van der Waals surface area contributed by atoms with Gasteiger partial charge < -0.3 is 24.3 Å². The van der Waals surface area contributed by atoms with E-state index in [1.165, 1.54) is 13.2 Å². The van der Waals surface area contributed by atoms with Crippen LogP contribution in [0, 0.1) is 5.41 Å². The lowest BCUT2D eigenvalue weighted by molar-refractivity contribution is -0.153. The van der Waals surface area contributed by atoms with Crippen molar-refractivity contribution in [2.24, 2.45) is 5.41 Å². The van der Waals surface area contributed by atoms with Crippen molar-refractivity contribution in [3.8, 4) is 11.5 Å². The highest BCUT2D eigenvalue weighted by molar-refractivity contribution is 5.81. The summed E-state index contributed by atoms with van der Waals surface area (Å²) < 4.78 is 58.0. The Morgan fingerprint density at radius 1 is 1.09 bits per heavy atom. The lowest BCUT2D eigenvalue weighted by Gasteiger charge is -2.33. The van der Waals surface area contributed by atoms with E-state index < -0.39 is 25.1 Å². The van der Waals surface area contributed by atoms with Crippen molar-refractivity contribution in [2.75, 3.05) is 48.1 Å². The molecule has 0 aliphatic rings. The Morgan fingerprint density at radius 3 is 2.24 bits per heavy atom. The Labute approximate surface area is 194 Å². The first kappa shape index (κ1) is 29.0. The van der Waals surface area contributed by atoms with Crippen molar-refractivity contribution in [3.05, 3.63) is 23.8 Å². The van der Waals surface area contributed by atoms with E-state index in [4.69, 9.17) is 18.9 Å². The van der Waals surface area contributed by atoms with Gasteiger partial charge in [-0.15, -0.1) is 0 Å². The third-order valence-electron chi connectivity index (χ3n) is 4.94. The first-order valence-electron chi connectivity index (χ1n) is 10.7. The molecule has 0 aromatic heterocycles. The summed E-state index contributed by atoms with van der Waals surface area (Å²) in [6, 6.07) is 4.37. The molecule has 1 aromatic carbocycles. The number of amides is 1. The summed E-state index contributed by atoms with van der Waals surface area (Å²) in [6.07, 6.45) is -3.87. The van der Waals surface area contributed by atoms with Crippen LogP contribution in [0.1, 0.15) is 32.8 Å². The van der Waals surface area contributed by atoms with Crippen LogP contribution in [0.25, 0.3) is 0 Å². The van der Waals surface area contributed by atoms with Gasteiger partial charge in [-0.05, 0) is 43.0 Å². The van der Waals surface area contributed by atoms with Crippen LogP contribution < -0.4 is 14.8 Å². The number of ether oxygens (including phenoxy) is 4. The quantitative estimate of drug-likeness (QED) is 0.437. The fraction of sp³-hybridized carbons (Fsp3) is 0.696. The molecular weight excluding hydrogens is 441 g/mol. The standard InChI is InChI=1S/C23H37F3N2O5/c1-22(2,3)13-17(28(4)14-20(31-6)32-7)21(29)27-11-10-16-8-9-18(30-5)19(12-16)33-15-23(24,25)26/h8-9,12,17,20H,10-11,13-15H2,1-7H3,(H,27,29)/t17-/m1/s1. The normalized spacial score (nSPS) is 13.3. The molecule has 1 N–H and O–H groups in total. The number of rotatable bonds is 13. The van der Waals surface area contributed by atoms with Gasteiger partial charge in [0.05, 0.1) is 13.2 Å². The number of carbonyl (C=O) groups is 1. The maximum atomic E-state index is 13.0. The van der Waals surface area contributed by atoms with Gasteiger partial charge in [0, 0.05) is 27.3 Å². The van der Waals surface area contributed by atoms with Gasteiger partial charge in [-0.2, -0.15) is 13.2 Å². The topological polar surface area (TPSA) is 69.3 Å². The summed E-state index contributed by atoms with van der Waals surface area (Å²) in [7, 11) is 6.29. The number of likely N-dealkylation sites (N-methyl/N-ethyl adjacent to an activating group) is 1. The number of hydrogen-bond acceptors (Lipinski definition) is 6. The third-order valence-corrected chi connectivity index (χ3v) is 4.94. The number of nitrogens with one attached hydrogen (secondary N) is 1. The van der Waals surface area contributed by atoms with Crippen molar-refractivity contribution >= 4 is 5.91 Å². The summed E-state index contributed by atoms with van der Waals surface area (Å²) in [5, 5.41) is 2.93. The Kier molecular flexibility index (Phi) is 11.4. The molecule has 0 saturated carbocycles. The zero-order valence-corrected chi connectivity index (χ0v) is 20.5. The van der Waals surface area contributed by atoms with Crippen LogP contribution in [0.5, 0.6) is 11.5 Å². The number of alkyl halides is 3. The molecule has 0 radical (unpaired) electrons. The molecule has 1 aromatic rings. The van der Waals surface area contributed by atoms with E-state index in [0.717, 1.165) is 0 Å². The predicted molar refractivity (Wildman–Crippen MR) is 120 cm³/mol. The average Bonchev–Trinajstić information content (AvgIpc) is 2.73.